The van der Waals surface area contributed by atoms with Crippen LogP contribution in [0.5, 0.6) is 23.0 Å². The van der Waals surface area contributed by atoms with Crippen LogP contribution >= 0.6 is 0 Å². The van der Waals surface area contributed by atoms with E-state index in [-0.39, 0.29) is 11.5 Å². The molecule has 0 saturated carbocycles. The maximum absolute atomic E-state index is 9.99. The highest BCUT2D eigenvalue weighted by Crippen LogP contribution is 2.35. The molecule has 0 aliphatic heterocycles. The Labute approximate surface area is 119 Å². The Hall–Kier alpha value is -2.16. The van der Waals surface area contributed by atoms with Crippen LogP contribution < -0.4 is 4.74 Å². The largest absolute Gasteiger partial charge is 0.504 e. The van der Waals surface area contributed by atoms with Crippen molar-refractivity contribution < 1.29 is 14.9 Å². The van der Waals surface area contributed by atoms with Crippen molar-refractivity contribution in [2.24, 2.45) is 0 Å². The van der Waals surface area contributed by atoms with E-state index in [0.29, 0.717) is 11.5 Å². The highest BCUT2D eigenvalue weighted by Gasteiger charge is 2.08. The van der Waals surface area contributed by atoms with E-state index >= 15 is 0 Å². The Kier molecular flexibility index (Phi) is 4.88. The molecule has 0 atom stereocenters. The van der Waals surface area contributed by atoms with E-state index in [4.69, 9.17) is 4.74 Å². The van der Waals surface area contributed by atoms with Crippen LogP contribution in [0.1, 0.15) is 31.7 Å². The fraction of sp³-hybridized carbons (Fsp3) is 0.294. The zero-order valence-electron chi connectivity index (χ0n) is 11.7. The molecule has 2 rings (SSSR count). The van der Waals surface area contributed by atoms with Gasteiger partial charge in [-0.2, -0.15) is 0 Å². The number of unbranched alkanes of at least 4 members (excludes halogenated alkanes) is 2. The van der Waals surface area contributed by atoms with E-state index in [1.807, 2.05) is 6.07 Å². The van der Waals surface area contributed by atoms with Gasteiger partial charge in [-0.3, -0.25) is 0 Å². The fourth-order valence-corrected chi connectivity index (χ4v) is 2.05. The standard InChI is InChI=1S/C17H20O3/c1-2-3-4-7-13-10-11-17(15(19)12-13)20-16-9-6-5-8-14(16)18/h5-6,8-12,18-19H,2-4,7H2,1H3. The number of phenolic OH excluding ortho intramolecular Hbond substituents is 2. The van der Waals surface area contributed by atoms with Gasteiger partial charge in [-0.25, -0.2) is 0 Å². The predicted molar refractivity (Wildman–Crippen MR) is 79.5 cm³/mol. The van der Waals surface area contributed by atoms with Crippen molar-refractivity contribution in [2.75, 3.05) is 0 Å². The second-order valence-corrected chi connectivity index (χ2v) is 4.83. The quantitative estimate of drug-likeness (QED) is 0.754. The second-order valence-electron chi connectivity index (χ2n) is 4.83. The smallest absolute Gasteiger partial charge is 0.169 e. The lowest BCUT2D eigenvalue weighted by atomic mass is 10.1. The number of ether oxygens (including phenoxy) is 1. The molecule has 20 heavy (non-hydrogen) atoms. The Morgan fingerprint density at radius 2 is 1.65 bits per heavy atom. The third-order valence-corrected chi connectivity index (χ3v) is 3.18. The molecule has 2 aromatic rings. The summed E-state index contributed by atoms with van der Waals surface area (Å²) in [5.41, 5.74) is 1.10. The summed E-state index contributed by atoms with van der Waals surface area (Å²) in [7, 11) is 0. The van der Waals surface area contributed by atoms with Gasteiger partial charge in [0.2, 0.25) is 0 Å². The molecule has 2 N–H and O–H groups in total. The molecule has 0 heterocycles. The van der Waals surface area contributed by atoms with Crippen LogP contribution in [-0.4, -0.2) is 10.2 Å². The minimum atomic E-state index is 0.0546. The van der Waals surface area contributed by atoms with Gasteiger partial charge in [-0.05, 0) is 42.7 Å². The van der Waals surface area contributed by atoms with Crippen molar-refractivity contribution in [3.05, 3.63) is 48.0 Å². The molecule has 0 radical (unpaired) electrons. The van der Waals surface area contributed by atoms with E-state index in [2.05, 4.69) is 6.92 Å². The number of rotatable bonds is 6. The molecule has 0 fully saturated rings. The molecule has 2 aromatic carbocycles. The van der Waals surface area contributed by atoms with Crippen LogP contribution in [0.15, 0.2) is 42.5 Å². The summed E-state index contributed by atoms with van der Waals surface area (Å²) in [5, 5.41) is 19.6. The average Bonchev–Trinajstić information content (AvgIpc) is 2.44. The fourth-order valence-electron chi connectivity index (χ4n) is 2.05. The number of phenols is 2. The van der Waals surface area contributed by atoms with E-state index < -0.39 is 0 Å². The van der Waals surface area contributed by atoms with Gasteiger partial charge in [0, 0.05) is 0 Å². The van der Waals surface area contributed by atoms with Crippen LogP contribution in [0.4, 0.5) is 0 Å². The maximum atomic E-state index is 9.99. The summed E-state index contributed by atoms with van der Waals surface area (Å²) >= 11 is 0. The summed E-state index contributed by atoms with van der Waals surface area (Å²) in [6.45, 7) is 2.17. The van der Waals surface area contributed by atoms with Crippen molar-refractivity contribution in [3.8, 4) is 23.0 Å². The molecule has 0 amide bonds. The SMILES string of the molecule is CCCCCc1ccc(Oc2ccccc2O)c(O)c1. The summed E-state index contributed by atoms with van der Waals surface area (Å²) in [5.74, 6) is 0.841. The number of hydrogen-bond donors (Lipinski definition) is 2. The van der Waals surface area contributed by atoms with E-state index in [1.165, 1.54) is 12.8 Å². The maximum Gasteiger partial charge on any atom is 0.169 e. The van der Waals surface area contributed by atoms with Gasteiger partial charge >= 0.3 is 0 Å². The normalized spacial score (nSPS) is 10.4. The monoisotopic (exact) mass is 272 g/mol. The van der Waals surface area contributed by atoms with Crippen molar-refractivity contribution in [1.29, 1.82) is 0 Å². The Balaban J connectivity index is 2.08. The van der Waals surface area contributed by atoms with Gasteiger partial charge in [-0.15, -0.1) is 0 Å². The summed E-state index contributed by atoms with van der Waals surface area (Å²) in [6.07, 6.45) is 4.45. The Morgan fingerprint density at radius 3 is 2.35 bits per heavy atom. The number of benzene rings is 2. The lowest BCUT2D eigenvalue weighted by molar-refractivity contribution is 0.385. The minimum absolute atomic E-state index is 0.0546. The molecule has 0 bridgehead atoms. The molecule has 0 spiro atoms. The zero-order valence-corrected chi connectivity index (χ0v) is 11.7. The van der Waals surface area contributed by atoms with Crippen LogP contribution in [0.25, 0.3) is 0 Å². The Bertz CT molecular complexity index is 564. The molecular formula is C17H20O3. The van der Waals surface area contributed by atoms with Crippen LogP contribution in [0.3, 0.4) is 0 Å². The van der Waals surface area contributed by atoms with Crippen LogP contribution in [0, 0.1) is 0 Å². The van der Waals surface area contributed by atoms with Crippen molar-refractivity contribution >= 4 is 0 Å². The lowest BCUT2D eigenvalue weighted by Crippen LogP contribution is -1.89. The molecule has 0 aliphatic carbocycles. The molecule has 0 unspecified atom stereocenters. The van der Waals surface area contributed by atoms with E-state index in [0.717, 1.165) is 18.4 Å². The van der Waals surface area contributed by atoms with Crippen LogP contribution in [-0.2, 0) is 6.42 Å². The lowest BCUT2D eigenvalue weighted by Gasteiger charge is -2.10. The number of aromatic hydroxyl groups is 2. The first-order chi connectivity index (χ1) is 9.70. The number of para-hydroxylation sites is 2. The average molecular weight is 272 g/mol. The van der Waals surface area contributed by atoms with E-state index in [9.17, 15) is 10.2 Å². The second kappa shape index (κ2) is 6.85. The third-order valence-electron chi connectivity index (χ3n) is 3.18. The highest BCUT2D eigenvalue weighted by atomic mass is 16.5. The van der Waals surface area contributed by atoms with E-state index in [1.54, 1.807) is 36.4 Å². The predicted octanol–water partition coefficient (Wildman–Crippen LogP) is 4.62. The van der Waals surface area contributed by atoms with Gasteiger partial charge in [0.15, 0.2) is 23.0 Å². The third kappa shape index (κ3) is 3.67. The summed E-state index contributed by atoms with van der Waals surface area (Å²) in [4.78, 5) is 0. The molecule has 0 saturated heterocycles. The Morgan fingerprint density at radius 1 is 0.900 bits per heavy atom. The summed E-state index contributed by atoms with van der Waals surface area (Å²) < 4.78 is 5.52. The molecule has 0 aliphatic rings. The zero-order chi connectivity index (χ0) is 14.4. The minimum Gasteiger partial charge on any atom is -0.504 e. The molecule has 106 valence electrons. The van der Waals surface area contributed by atoms with Crippen molar-refractivity contribution in [1.82, 2.24) is 0 Å². The van der Waals surface area contributed by atoms with Gasteiger partial charge < -0.3 is 14.9 Å². The number of hydrogen-bond acceptors (Lipinski definition) is 3. The molecular weight excluding hydrogens is 252 g/mol. The first-order valence-corrected chi connectivity index (χ1v) is 6.98. The molecule has 3 nitrogen and oxygen atoms in total. The van der Waals surface area contributed by atoms with Gasteiger partial charge in [0.05, 0.1) is 0 Å². The molecule has 0 aromatic heterocycles. The topological polar surface area (TPSA) is 49.7 Å². The first kappa shape index (κ1) is 14.3. The first-order valence-electron chi connectivity index (χ1n) is 6.98. The van der Waals surface area contributed by atoms with Crippen LogP contribution in [0.2, 0.25) is 0 Å². The van der Waals surface area contributed by atoms with Gasteiger partial charge in [0.25, 0.3) is 0 Å². The van der Waals surface area contributed by atoms with Crippen molar-refractivity contribution in [3.63, 3.8) is 0 Å². The summed E-state index contributed by atoms with van der Waals surface area (Å²) in [6, 6.07) is 12.1. The molecule has 3 heteroatoms. The van der Waals surface area contributed by atoms with Gasteiger partial charge in [-0.1, -0.05) is 38.0 Å². The number of aryl methyl sites for hydroxylation is 1. The van der Waals surface area contributed by atoms with Crippen molar-refractivity contribution in [2.45, 2.75) is 32.6 Å². The highest BCUT2D eigenvalue weighted by molar-refractivity contribution is 5.47. The van der Waals surface area contributed by atoms with Gasteiger partial charge in [0.1, 0.15) is 0 Å².